The first-order valence-electron chi connectivity index (χ1n) is 9.16. The molecule has 1 aliphatic rings. The molecule has 152 valence electrons. The Morgan fingerprint density at radius 2 is 1.59 bits per heavy atom. The van der Waals surface area contributed by atoms with Crippen LogP contribution in [0.2, 0.25) is 0 Å². The number of carbonyl (C=O) groups is 2. The predicted molar refractivity (Wildman–Crippen MR) is 114 cm³/mol. The van der Waals surface area contributed by atoms with Crippen molar-refractivity contribution in [2.24, 2.45) is 0 Å². The molecule has 0 spiro atoms. The monoisotopic (exact) mass is 413 g/mol. The number of hydrogen-bond donors (Lipinski definition) is 0. The van der Waals surface area contributed by atoms with E-state index in [1.807, 2.05) is 30.3 Å². The maximum Gasteiger partial charge on any atom is 0.293 e. The van der Waals surface area contributed by atoms with Crippen molar-refractivity contribution in [2.75, 3.05) is 27.9 Å². The van der Waals surface area contributed by atoms with Gasteiger partial charge in [-0.2, -0.15) is 0 Å². The van der Waals surface area contributed by atoms with Crippen molar-refractivity contribution in [3.63, 3.8) is 0 Å². The quantitative estimate of drug-likeness (QED) is 0.599. The number of rotatable bonds is 8. The lowest BCUT2D eigenvalue weighted by Crippen LogP contribution is -2.29. The number of amides is 2. The fourth-order valence-corrected chi connectivity index (χ4v) is 3.94. The summed E-state index contributed by atoms with van der Waals surface area (Å²) in [4.78, 5) is 26.8. The van der Waals surface area contributed by atoms with E-state index in [0.29, 0.717) is 34.3 Å². The molecule has 3 rings (SSSR count). The van der Waals surface area contributed by atoms with Gasteiger partial charge >= 0.3 is 0 Å². The molecule has 2 aromatic rings. The largest absolute Gasteiger partial charge is 0.496 e. The number of ether oxygens (including phenoxy) is 3. The zero-order valence-electron chi connectivity index (χ0n) is 16.6. The molecule has 0 radical (unpaired) electrons. The summed E-state index contributed by atoms with van der Waals surface area (Å²) in [5.74, 6) is 1.28. The van der Waals surface area contributed by atoms with E-state index in [1.165, 1.54) is 31.8 Å². The van der Waals surface area contributed by atoms with Crippen LogP contribution >= 0.6 is 11.8 Å². The van der Waals surface area contributed by atoms with Crippen LogP contribution in [0.3, 0.4) is 0 Å². The lowest BCUT2D eigenvalue weighted by atomic mass is 10.1. The Kier molecular flexibility index (Phi) is 6.82. The van der Waals surface area contributed by atoms with Gasteiger partial charge in [-0.15, -0.1) is 0 Å². The molecule has 6 nitrogen and oxygen atoms in total. The van der Waals surface area contributed by atoms with E-state index in [2.05, 4.69) is 0 Å². The molecule has 1 aliphatic heterocycles. The lowest BCUT2D eigenvalue weighted by Gasteiger charge is -2.13. The zero-order valence-corrected chi connectivity index (χ0v) is 17.5. The molecule has 7 heteroatoms. The number of imide groups is 1. The average Bonchev–Trinajstić information content (AvgIpc) is 3.01. The SMILES string of the molecule is COc1cc(OC)c(OC)cc1/C=C1\SC(=O)N(CCCc2ccccc2)C1=O. The summed E-state index contributed by atoms with van der Waals surface area (Å²) >= 11 is 0.936. The van der Waals surface area contributed by atoms with Crippen molar-refractivity contribution in [1.82, 2.24) is 4.90 Å². The Hall–Kier alpha value is -2.93. The van der Waals surface area contributed by atoms with Crippen LogP contribution in [0.1, 0.15) is 17.5 Å². The van der Waals surface area contributed by atoms with Crippen LogP contribution in [-0.4, -0.2) is 43.9 Å². The highest BCUT2D eigenvalue weighted by molar-refractivity contribution is 8.18. The molecule has 0 aliphatic carbocycles. The number of methoxy groups -OCH3 is 3. The van der Waals surface area contributed by atoms with Gasteiger partial charge in [-0.25, -0.2) is 0 Å². The van der Waals surface area contributed by atoms with Crippen LogP contribution in [0.4, 0.5) is 4.79 Å². The second kappa shape index (κ2) is 9.52. The first-order chi connectivity index (χ1) is 14.1. The van der Waals surface area contributed by atoms with Gasteiger partial charge in [0, 0.05) is 18.2 Å². The first-order valence-corrected chi connectivity index (χ1v) is 9.98. The smallest absolute Gasteiger partial charge is 0.293 e. The van der Waals surface area contributed by atoms with E-state index in [-0.39, 0.29) is 11.1 Å². The molecule has 0 unspecified atom stereocenters. The Labute approximate surface area is 174 Å². The molecule has 0 aromatic heterocycles. The van der Waals surface area contributed by atoms with Gasteiger partial charge in [0.1, 0.15) is 5.75 Å². The normalized spacial score (nSPS) is 15.1. The molecule has 0 bridgehead atoms. The topological polar surface area (TPSA) is 65.1 Å². The van der Waals surface area contributed by atoms with Crippen molar-refractivity contribution < 1.29 is 23.8 Å². The molecule has 0 saturated carbocycles. The lowest BCUT2D eigenvalue weighted by molar-refractivity contribution is -0.122. The third kappa shape index (κ3) is 4.74. The molecular weight excluding hydrogens is 390 g/mol. The molecule has 1 heterocycles. The number of carbonyl (C=O) groups excluding carboxylic acids is 2. The second-order valence-corrected chi connectivity index (χ2v) is 7.36. The van der Waals surface area contributed by atoms with E-state index in [9.17, 15) is 9.59 Å². The van der Waals surface area contributed by atoms with E-state index >= 15 is 0 Å². The Balaban J connectivity index is 1.75. The second-order valence-electron chi connectivity index (χ2n) is 6.37. The van der Waals surface area contributed by atoms with Crippen molar-refractivity contribution in [1.29, 1.82) is 0 Å². The maximum absolute atomic E-state index is 12.8. The Morgan fingerprint density at radius 1 is 0.931 bits per heavy atom. The highest BCUT2D eigenvalue weighted by atomic mass is 32.2. The fraction of sp³-hybridized carbons (Fsp3) is 0.273. The number of aryl methyl sites for hydroxylation is 1. The van der Waals surface area contributed by atoms with Crippen molar-refractivity contribution >= 4 is 29.0 Å². The summed E-state index contributed by atoms with van der Waals surface area (Å²) in [6.07, 6.45) is 3.18. The van der Waals surface area contributed by atoms with Crippen molar-refractivity contribution in [3.05, 3.63) is 58.5 Å². The zero-order chi connectivity index (χ0) is 20.8. The van der Waals surface area contributed by atoms with Crippen LogP contribution in [0.5, 0.6) is 17.2 Å². The number of hydrogen-bond acceptors (Lipinski definition) is 6. The summed E-state index contributed by atoms with van der Waals surface area (Å²) in [7, 11) is 4.61. The summed E-state index contributed by atoms with van der Waals surface area (Å²) in [6.45, 7) is 0.389. The van der Waals surface area contributed by atoms with E-state index in [0.717, 1.165) is 24.6 Å². The van der Waals surface area contributed by atoms with Gasteiger partial charge in [0.05, 0.1) is 26.2 Å². The van der Waals surface area contributed by atoms with Crippen LogP contribution in [0.15, 0.2) is 47.4 Å². The molecule has 0 N–H and O–H groups in total. The summed E-state index contributed by atoms with van der Waals surface area (Å²) in [5, 5.41) is -0.256. The van der Waals surface area contributed by atoms with Gasteiger partial charge in [-0.3, -0.25) is 14.5 Å². The van der Waals surface area contributed by atoms with Gasteiger partial charge in [-0.1, -0.05) is 30.3 Å². The van der Waals surface area contributed by atoms with Gasteiger partial charge in [-0.05, 0) is 42.3 Å². The van der Waals surface area contributed by atoms with E-state index < -0.39 is 0 Å². The molecule has 29 heavy (non-hydrogen) atoms. The van der Waals surface area contributed by atoms with Crippen LogP contribution in [0.25, 0.3) is 6.08 Å². The van der Waals surface area contributed by atoms with E-state index in [4.69, 9.17) is 14.2 Å². The average molecular weight is 413 g/mol. The summed E-state index contributed by atoms with van der Waals surface area (Å²) < 4.78 is 16.0. The molecular formula is C22H23NO5S. The highest BCUT2D eigenvalue weighted by Crippen LogP contribution is 2.38. The third-order valence-electron chi connectivity index (χ3n) is 4.59. The third-order valence-corrected chi connectivity index (χ3v) is 5.49. The molecule has 2 amide bonds. The molecule has 0 atom stereocenters. The maximum atomic E-state index is 12.8. The minimum Gasteiger partial charge on any atom is -0.496 e. The first kappa shape index (κ1) is 20.8. The highest BCUT2D eigenvalue weighted by Gasteiger charge is 2.34. The minimum atomic E-state index is -0.287. The van der Waals surface area contributed by atoms with Crippen LogP contribution in [0, 0.1) is 0 Å². The van der Waals surface area contributed by atoms with Gasteiger partial charge in [0.2, 0.25) is 0 Å². The molecule has 1 saturated heterocycles. The minimum absolute atomic E-state index is 0.256. The van der Waals surface area contributed by atoms with Crippen LogP contribution in [-0.2, 0) is 11.2 Å². The summed E-state index contributed by atoms with van der Waals surface area (Å²) in [5.41, 5.74) is 1.82. The Bertz CT molecular complexity index is 926. The molecule has 2 aromatic carbocycles. The Morgan fingerprint density at radius 3 is 2.24 bits per heavy atom. The van der Waals surface area contributed by atoms with Crippen molar-refractivity contribution in [2.45, 2.75) is 12.8 Å². The van der Waals surface area contributed by atoms with Gasteiger partial charge in [0.15, 0.2) is 11.5 Å². The number of nitrogens with zero attached hydrogens (tertiary/aromatic N) is 1. The number of thioether (sulfide) groups is 1. The van der Waals surface area contributed by atoms with Gasteiger partial charge < -0.3 is 14.2 Å². The van der Waals surface area contributed by atoms with E-state index in [1.54, 1.807) is 18.2 Å². The van der Waals surface area contributed by atoms with Gasteiger partial charge in [0.25, 0.3) is 11.1 Å². The predicted octanol–water partition coefficient (Wildman–Crippen LogP) is 4.38. The molecule has 1 fully saturated rings. The standard InChI is InChI=1S/C22H23NO5S/c1-26-17-14-19(28-3)18(27-2)12-16(17)13-20-21(24)23(22(25)29-20)11-7-10-15-8-5-4-6-9-15/h4-6,8-9,12-14H,7,10-11H2,1-3H3/b20-13-. The number of benzene rings is 2. The van der Waals surface area contributed by atoms with Crippen molar-refractivity contribution in [3.8, 4) is 17.2 Å². The van der Waals surface area contributed by atoms with Crippen LogP contribution < -0.4 is 14.2 Å². The summed E-state index contributed by atoms with van der Waals surface area (Å²) in [6, 6.07) is 13.4. The fourth-order valence-electron chi connectivity index (χ4n) is 3.09.